The summed E-state index contributed by atoms with van der Waals surface area (Å²) in [7, 11) is 0. The van der Waals surface area contributed by atoms with Crippen molar-refractivity contribution in [2.75, 3.05) is 6.54 Å². The van der Waals surface area contributed by atoms with Gasteiger partial charge in [0.1, 0.15) is 0 Å². The maximum Gasteiger partial charge on any atom is 0.223 e. The molecule has 3 aromatic carbocycles. The Morgan fingerprint density at radius 2 is 1.78 bits per heavy atom. The SMILES string of the molecule is CC(CNC(=O)C1CCCCC1)c1cccc2ccc3c(ccn3Cc3ccccc3)c12. The maximum atomic E-state index is 12.7. The first-order valence-electron chi connectivity index (χ1n) is 12.0. The van der Waals surface area contributed by atoms with E-state index in [1.807, 2.05) is 0 Å². The molecule has 1 amide bonds. The molecule has 1 aliphatic rings. The van der Waals surface area contributed by atoms with Gasteiger partial charge in [-0.2, -0.15) is 0 Å². The number of aromatic nitrogens is 1. The lowest BCUT2D eigenvalue weighted by molar-refractivity contribution is -0.125. The first kappa shape index (κ1) is 20.8. The summed E-state index contributed by atoms with van der Waals surface area (Å²) in [5.41, 5.74) is 3.87. The predicted molar refractivity (Wildman–Crippen MR) is 133 cm³/mol. The summed E-state index contributed by atoms with van der Waals surface area (Å²) in [5, 5.41) is 7.13. The van der Waals surface area contributed by atoms with Gasteiger partial charge in [0, 0.05) is 36.1 Å². The van der Waals surface area contributed by atoms with Crippen LogP contribution in [0.3, 0.4) is 0 Å². The molecule has 32 heavy (non-hydrogen) atoms. The molecule has 0 saturated heterocycles. The van der Waals surface area contributed by atoms with E-state index in [0.29, 0.717) is 6.54 Å². The zero-order valence-corrected chi connectivity index (χ0v) is 18.9. The van der Waals surface area contributed by atoms with E-state index >= 15 is 0 Å². The molecule has 0 spiro atoms. The van der Waals surface area contributed by atoms with E-state index in [9.17, 15) is 4.79 Å². The highest BCUT2D eigenvalue weighted by molar-refractivity contribution is 6.08. The molecule has 1 aliphatic carbocycles. The summed E-state index contributed by atoms with van der Waals surface area (Å²) in [5.74, 6) is 0.715. The van der Waals surface area contributed by atoms with Crippen molar-refractivity contribution >= 4 is 27.6 Å². The third kappa shape index (κ3) is 4.17. The van der Waals surface area contributed by atoms with Crippen LogP contribution < -0.4 is 5.32 Å². The number of rotatable bonds is 6. The second-order valence-electron chi connectivity index (χ2n) is 9.35. The van der Waals surface area contributed by atoms with Gasteiger partial charge in [0.15, 0.2) is 0 Å². The summed E-state index contributed by atoms with van der Waals surface area (Å²) in [6, 6.07) is 23.9. The van der Waals surface area contributed by atoms with Crippen LogP contribution in [-0.4, -0.2) is 17.0 Å². The number of carbonyl (C=O) groups is 1. The average Bonchev–Trinajstić information content (AvgIpc) is 3.26. The third-order valence-electron chi connectivity index (χ3n) is 7.11. The van der Waals surface area contributed by atoms with Crippen molar-refractivity contribution < 1.29 is 4.79 Å². The largest absolute Gasteiger partial charge is 0.355 e. The highest BCUT2D eigenvalue weighted by Gasteiger charge is 2.22. The zero-order chi connectivity index (χ0) is 21.9. The normalized spacial score (nSPS) is 15.8. The summed E-state index contributed by atoms with van der Waals surface area (Å²) >= 11 is 0. The third-order valence-corrected chi connectivity index (χ3v) is 7.11. The van der Waals surface area contributed by atoms with E-state index in [2.05, 4.69) is 89.7 Å². The Kier molecular flexibility index (Phi) is 5.98. The molecule has 1 fully saturated rings. The number of nitrogens with zero attached hydrogens (tertiary/aromatic N) is 1. The molecule has 1 N–H and O–H groups in total. The molecule has 5 rings (SSSR count). The summed E-state index contributed by atoms with van der Waals surface area (Å²) in [4.78, 5) is 12.7. The summed E-state index contributed by atoms with van der Waals surface area (Å²) in [6.07, 6.45) is 7.94. The minimum atomic E-state index is 0.210. The number of nitrogens with one attached hydrogen (secondary N) is 1. The number of hydrogen-bond donors (Lipinski definition) is 1. The highest BCUT2D eigenvalue weighted by atomic mass is 16.1. The minimum Gasteiger partial charge on any atom is -0.355 e. The second-order valence-corrected chi connectivity index (χ2v) is 9.35. The lowest BCUT2D eigenvalue weighted by atomic mass is 9.88. The molecule has 1 aromatic heterocycles. The van der Waals surface area contributed by atoms with Crippen LogP contribution in [0.4, 0.5) is 0 Å². The van der Waals surface area contributed by atoms with E-state index in [1.54, 1.807) is 0 Å². The summed E-state index contributed by atoms with van der Waals surface area (Å²) < 4.78 is 2.33. The fourth-order valence-corrected chi connectivity index (χ4v) is 5.29. The highest BCUT2D eigenvalue weighted by Crippen LogP contribution is 2.33. The Balaban J connectivity index is 1.42. The first-order chi connectivity index (χ1) is 15.7. The minimum absolute atomic E-state index is 0.210. The number of hydrogen-bond acceptors (Lipinski definition) is 1. The molecule has 4 aromatic rings. The molecule has 3 nitrogen and oxygen atoms in total. The number of amides is 1. The lowest BCUT2D eigenvalue weighted by Gasteiger charge is -2.22. The van der Waals surface area contributed by atoms with Gasteiger partial charge in [0.05, 0.1) is 0 Å². The van der Waals surface area contributed by atoms with Crippen molar-refractivity contribution in [3.8, 4) is 0 Å². The fourth-order valence-electron chi connectivity index (χ4n) is 5.29. The van der Waals surface area contributed by atoms with E-state index in [-0.39, 0.29) is 17.7 Å². The van der Waals surface area contributed by atoms with Crippen LogP contribution in [0.2, 0.25) is 0 Å². The van der Waals surface area contributed by atoms with E-state index < -0.39 is 0 Å². The maximum absolute atomic E-state index is 12.7. The van der Waals surface area contributed by atoms with Crippen LogP contribution in [0.25, 0.3) is 21.7 Å². The van der Waals surface area contributed by atoms with Gasteiger partial charge in [0.2, 0.25) is 5.91 Å². The van der Waals surface area contributed by atoms with Gasteiger partial charge in [-0.3, -0.25) is 4.79 Å². The van der Waals surface area contributed by atoms with Crippen LogP contribution >= 0.6 is 0 Å². The quantitative estimate of drug-likeness (QED) is 0.370. The Labute approximate surface area is 190 Å². The topological polar surface area (TPSA) is 34.0 Å². The number of benzene rings is 3. The Bertz CT molecular complexity index is 1220. The van der Waals surface area contributed by atoms with Crippen molar-refractivity contribution in [3.63, 3.8) is 0 Å². The van der Waals surface area contributed by atoms with Gasteiger partial charge in [0.25, 0.3) is 0 Å². The fraction of sp³-hybridized carbons (Fsp3) is 0.345. The zero-order valence-electron chi connectivity index (χ0n) is 18.9. The van der Waals surface area contributed by atoms with Gasteiger partial charge in [-0.25, -0.2) is 0 Å². The van der Waals surface area contributed by atoms with Crippen LogP contribution in [0.15, 0.2) is 72.9 Å². The monoisotopic (exact) mass is 424 g/mol. The van der Waals surface area contributed by atoms with Gasteiger partial charge in [-0.15, -0.1) is 0 Å². The van der Waals surface area contributed by atoms with Crippen LogP contribution in [0.1, 0.15) is 56.1 Å². The van der Waals surface area contributed by atoms with Gasteiger partial charge in [-0.1, -0.05) is 80.8 Å². The van der Waals surface area contributed by atoms with E-state index in [0.717, 1.165) is 19.4 Å². The van der Waals surface area contributed by atoms with E-state index in [4.69, 9.17) is 0 Å². The van der Waals surface area contributed by atoms with Crippen molar-refractivity contribution in [2.24, 2.45) is 5.92 Å². The number of carbonyl (C=O) groups excluding carboxylic acids is 1. The molecule has 1 heterocycles. The van der Waals surface area contributed by atoms with Gasteiger partial charge >= 0.3 is 0 Å². The van der Waals surface area contributed by atoms with Gasteiger partial charge in [-0.05, 0) is 52.8 Å². The average molecular weight is 425 g/mol. The van der Waals surface area contributed by atoms with Crippen LogP contribution in [-0.2, 0) is 11.3 Å². The van der Waals surface area contributed by atoms with Crippen LogP contribution in [0, 0.1) is 5.92 Å². The summed E-state index contributed by atoms with van der Waals surface area (Å²) in [6.45, 7) is 3.79. The Morgan fingerprint density at radius 1 is 0.969 bits per heavy atom. The molecule has 0 aliphatic heterocycles. The Hall–Kier alpha value is -3.07. The van der Waals surface area contributed by atoms with Crippen molar-refractivity contribution in [1.82, 2.24) is 9.88 Å². The Morgan fingerprint density at radius 3 is 2.59 bits per heavy atom. The van der Waals surface area contributed by atoms with Crippen molar-refractivity contribution in [1.29, 1.82) is 0 Å². The van der Waals surface area contributed by atoms with Crippen molar-refractivity contribution in [2.45, 2.75) is 51.5 Å². The molecule has 164 valence electrons. The standard InChI is InChI=1S/C29H32N2O/c1-21(19-30-29(32)24-11-6-3-7-12-24)25-14-8-13-23-15-16-27-26(28(23)25)17-18-31(27)20-22-9-4-2-5-10-22/h2,4-5,8-10,13-18,21,24H,3,6-7,11-12,19-20H2,1H3,(H,30,32). The number of fused-ring (bicyclic) bond motifs is 3. The second kappa shape index (κ2) is 9.20. The molecule has 0 radical (unpaired) electrons. The molecule has 3 heteroatoms. The molecule has 1 atom stereocenters. The molecular formula is C29H32N2O. The van der Waals surface area contributed by atoms with Crippen LogP contribution in [0.5, 0.6) is 0 Å². The molecule has 1 saturated carbocycles. The molecule has 1 unspecified atom stereocenters. The van der Waals surface area contributed by atoms with Gasteiger partial charge < -0.3 is 9.88 Å². The lowest BCUT2D eigenvalue weighted by Crippen LogP contribution is -2.34. The van der Waals surface area contributed by atoms with E-state index in [1.165, 1.54) is 52.1 Å². The predicted octanol–water partition coefficient (Wildman–Crippen LogP) is 6.64. The smallest absolute Gasteiger partial charge is 0.223 e. The molecule has 0 bridgehead atoms. The molecular weight excluding hydrogens is 392 g/mol. The first-order valence-corrected chi connectivity index (χ1v) is 12.0. The van der Waals surface area contributed by atoms with Crippen molar-refractivity contribution in [3.05, 3.63) is 84.1 Å².